The zero-order valence-electron chi connectivity index (χ0n) is 8.63. The van der Waals surface area contributed by atoms with E-state index in [-0.39, 0.29) is 5.91 Å². The van der Waals surface area contributed by atoms with Gasteiger partial charge in [0.05, 0.1) is 0 Å². The van der Waals surface area contributed by atoms with Crippen LogP contribution in [0, 0.1) is 0 Å². The molecule has 0 spiro atoms. The summed E-state index contributed by atoms with van der Waals surface area (Å²) >= 11 is 0. The van der Waals surface area contributed by atoms with E-state index in [0.29, 0.717) is 6.42 Å². The van der Waals surface area contributed by atoms with Crippen molar-refractivity contribution in [3.05, 3.63) is 29.8 Å². The van der Waals surface area contributed by atoms with Gasteiger partial charge in [-0.15, -0.1) is 0 Å². The van der Waals surface area contributed by atoms with Crippen molar-refractivity contribution in [3.8, 4) is 0 Å². The SMILES string of the molecule is CCC(=O)Nc1ccccc1CNC. The van der Waals surface area contributed by atoms with Gasteiger partial charge in [-0.3, -0.25) is 4.79 Å². The van der Waals surface area contributed by atoms with E-state index in [9.17, 15) is 4.79 Å². The summed E-state index contributed by atoms with van der Waals surface area (Å²) in [6.45, 7) is 2.61. The van der Waals surface area contributed by atoms with Crippen LogP contribution in [0.15, 0.2) is 24.3 Å². The van der Waals surface area contributed by atoms with Crippen LogP contribution in [0.4, 0.5) is 5.69 Å². The average molecular weight is 192 g/mol. The van der Waals surface area contributed by atoms with Crippen LogP contribution in [0.3, 0.4) is 0 Å². The number of carbonyl (C=O) groups excluding carboxylic acids is 1. The highest BCUT2D eigenvalue weighted by atomic mass is 16.1. The minimum atomic E-state index is 0.0496. The molecule has 1 aromatic carbocycles. The molecular formula is C11H16N2O. The molecule has 0 saturated carbocycles. The molecule has 0 aliphatic rings. The third kappa shape index (κ3) is 2.85. The first kappa shape index (κ1) is 10.7. The quantitative estimate of drug-likeness (QED) is 0.763. The number of amides is 1. The van der Waals surface area contributed by atoms with Crippen LogP contribution in [0.25, 0.3) is 0 Å². The lowest BCUT2D eigenvalue weighted by atomic mass is 10.1. The first-order valence-electron chi connectivity index (χ1n) is 4.80. The van der Waals surface area contributed by atoms with Gasteiger partial charge in [-0.25, -0.2) is 0 Å². The van der Waals surface area contributed by atoms with E-state index in [1.54, 1.807) is 0 Å². The summed E-state index contributed by atoms with van der Waals surface area (Å²) in [6, 6.07) is 7.81. The third-order valence-corrected chi connectivity index (χ3v) is 1.98. The molecule has 2 N–H and O–H groups in total. The van der Waals surface area contributed by atoms with Gasteiger partial charge in [0.2, 0.25) is 5.91 Å². The maximum Gasteiger partial charge on any atom is 0.224 e. The van der Waals surface area contributed by atoms with Gasteiger partial charge in [0.15, 0.2) is 0 Å². The molecule has 0 aliphatic heterocycles. The molecule has 0 atom stereocenters. The molecule has 1 rings (SSSR count). The highest BCUT2D eigenvalue weighted by molar-refractivity contribution is 5.91. The van der Waals surface area contributed by atoms with E-state index in [1.165, 1.54) is 0 Å². The second-order valence-corrected chi connectivity index (χ2v) is 3.09. The number of anilines is 1. The third-order valence-electron chi connectivity index (χ3n) is 1.98. The van der Waals surface area contributed by atoms with Gasteiger partial charge in [0.25, 0.3) is 0 Å². The molecule has 0 saturated heterocycles. The lowest BCUT2D eigenvalue weighted by molar-refractivity contribution is -0.115. The number of hydrogen-bond donors (Lipinski definition) is 2. The number of nitrogens with one attached hydrogen (secondary N) is 2. The Labute approximate surface area is 84.5 Å². The number of benzene rings is 1. The smallest absolute Gasteiger partial charge is 0.224 e. The molecule has 76 valence electrons. The molecule has 0 bridgehead atoms. The van der Waals surface area contributed by atoms with Crippen molar-refractivity contribution in [3.63, 3.8) is 0 Å². The number of para-hydroxylation sites is 1. The normalized spacial score (nSPS) is 9.86. The van der Waals surface area contributed by atoms with Gasteiger partial charge in [0.1, 0.15) is 0 Å². The van der Waals surface area contributed by atoms with Crippen LogP contribution < -0.4 is 10.6 Å². The maximum absolute atomic E-state index is 11.2. The topological polar surface area (TPSA) is 41.1 Å². The molecule has 0 unspecified atom stereocenters. The van der Waals surface area contributed by atoms with E-state index < -0.39 is 0 Å². The molecule has 3 heteroatoms. The Hall–Kier alpha value is -1.35. The maximum atomic E-state index is 11.2. The largest absolute Gasteiger partial charge is 0.326 e. The molecule has 1 aromatic rings. The molecule has 0 radical (unpaired) electrons. The number of carbonyl (C=O) groups is 1. The average Bonchev–Trinajstić information content (AvgIpc) is 2.21. The lowest BCUT2D eigenvalue weighted by Gasteiger charge is -2.09. The summed E-state index contributed by atoms with van der Waals surface area (Å²) in [5.74, 6) is 0.0496. The van der Waals surface area contributed by atoms with Crippen molar-refractivity contribution in [1.29, 1.82) is 0 Å². The van der Waals surface area contributed by atoms with Crippen LogP contribution in [0.1, 0.15) is 18.9 Å². The van der Waals surface area contributed by atoms with Crippen LogP contribution >= 0.6 is 0 Å². The summed E-state index contributed by atoms with van der Waals surface area (Å²) in [5, 5.41) is 5.93. The van der Waals surface area contributed by atoms with Gasteiger partial charge in [0, 0.05) is 18.7 Å². The Morgan fingerprint density at radius 1 is 1.36 bits per heavy atom. The van der Waals surface area contributed by atoms with Gasteiger partial charge in [-0.1, -0.05) is 25.1 Å². The molecule has 1 amide bonds. The highest BCUT2D eigenvalue weighted by Crippen LogP contribution is 2.14. The second kappa shape index (κ2) is 5.40. The Bertz CT molecular complexity index is 310. The fourth-order valence-electron chi connectivity index (χ4n) is 1.23. The van der Waals surface area contributed by atoms with Crippen LogP contribution in [0.5, 0.6) is 0 Å². The second-order valence-electron chi connectivity index (χ2n) is 3.09. The van der Waals surface area contributed by atoms with E-state index in [1.807, 2.05) is 38.2 Å². The van der Waals surface area contributed by atoms with Crippen molar-refractivity contribution in [2.45, 2.75) is 19.9 Å². The van der Waals surface area contributed by atoms with Gasteiger partial charge >= 0.3 is 0 Å². The fraction of sp³-hybridized carbons (Fsp3) is 0.364. The lowest BCUT2D eigenvalue weighted by Crippen LogP contribution is -2.13. The Balaban J connectivity index is 2.78. The highest BCUT2D eigenvalue weighted by Gasteiger charge is 2.03. The minimum absolute atomic E-state index is 0.0496. The van der Waals surface area contributed by atoms with Crippen molar-refractivity contribution in [1.82, 2.24) is 5.32 Å². The molecule has 0 aromatic heterocycles. The number of rotatable bonds is 4. The molecule has 0 aliphatic carbocycles. The standard InChI is InChI=1S/C11H16N2O/c1-3-11(14)13-10-7-5-4-6-9(10)8-12-2/h4-7,12H,3,8H2,1-2H3,(H,13,14). The first-order valence-corrected chi connectivity index (χ1v) is 4.80. The van der Waals surface area contributed by atoms with E-state index in [4.69, 9.17) is 0 Å². The van der Waals surface area contributed by atoms with Crippen molar-refractivity contribution in [2.24, 2.45) is 0 Å². The Kier molecular flexibility index (Phi) is 4.13. The fourth-order valence-corrected chi connectivity index (χ4v) is 1.23. The van der Waals surface area contributed by atoms with E-state index in [2.05, 4.69) is 10.6 Å². The summed E-state index contributed by atoms with van der Waals surface area (Å²) < 4.78 is 0. The molecule has 3 nitrogen and oxygen atoms in total. The predicted molar refractivity (Wildman–Crippen MR) is 58.1 cm³/mol. The molecule has 0 heterocycles. The summed E-state index contributed by atoms with van der Waals surface area (Å²) in [5.41, 5.74) is 2.01. The molecule has 14 heavy (non-hydrogen) atoms. The predicted octanol–water partition coefficient (Wildman–Crippen LogP) is 1.75. The van der Waals surface area contributed by atoms with Gasteiger partial charge in [-0.05, 0) is 18.7 Å². The van der Waals surface area contributed by atoms with Gasteiger partial charge < -0.3 is 10.6 Å². The van der Waals surface area contributed by atoms with Crippen LogP contribution in [0.2, 0.25) is 0 Å². The van der Waals surface area contributed by atoms with E-state index in [0.717, 1.165) is 17.8 Å². The monoisotopic (exact) mass is 192 g/mol. The summed E-state index contributed by atoms with van der Waals surface area (Å²) in [6.07, 6.45) is 0.508. The first-order chi connectivity index (χ1) is 6.77. The molecule has 0 fully saturated rings. The number of hydrogen-bond acceptors (Lipinski definition) is 2. The Morgan fingerprint density at radius 2 is 2.07 bits per heavy atom. The molecular weight excluding hydrogens is 176 g/mol. The van der Waals surface area contributed by atoms with Gasteiger partial charge in [-0.2, -0.15) is 0 Å². The van der Waals surface area contributed by atoms with E-state index >= 15 is 0 Å². The van der Waals surface area contributed by atoms with Crippen molar-refractivity contribution < 1.29 is 4.79 Å². The Morgan fingerprint density at radius 3 is 2.71 bits per heavy atom. The minimum Gasteiger partial charge on any atom is -0.326 e. The zero-order chi connectivity index (χ0) is 10.4. The summed E-state index contributed by atoms with van der Waals surface area (Å²) in [7, 11) is 1.89. The van der Waals surface area contributed by atoms with Crippen LogP contribution in [-0.4, -0.2) is 13.0 Å². The van der Waals surface area contributed by atoms with Crippen molar-refractivity contribution >= 4 is 11.6 Å². The van der Waals surface area contributed by atoms with Crippen molar-refractivity contribution in [2.75, 3.05) is 12.4 Å². The van der Waals surface area contributed by atoms with Crippen LogP contribution in [-0.2, 0) is 11.3 Å². The summed E-state index contributed by atoms with van der Waals surface area (Å²) in [4.78, 5) is 11.2. The zero-order valence-corrected chi connectivity index (χ0v) is 8.63.